The molecule has 5 nitrogen and oxygen atoms in total. The third kappa shape index (κ3) is 8.88. The summed E-state index contributed by atoms with van der Waals surface area (Å²) < 4.78 is 8.43. The van der Waals surface area contributed by atoms with Crippen LogP contribution in [0.25, 0.3) is 10.9 Å². The average molecular weight is 616 g/mol. The van der Waals surface area contributed by atoms with Crippen molar-refractivity contribution in [2.24, 2.45) is 0 Å². The Kier molecular flexibility index (Phi) is 11.7. The van der Waals surface area contributed by atoms with E-state index in [1.165, 1.54) is 27.6 Å². The van der Waals surface area contributed by atoms with Crippen LogP contribution in [0.15, 0.2) is 109 Å². The lowest BCUT2D eigenvalue weighted by Gasteiger charge is -2.21. The van der Waals surface area contributed by atoms with E-state index in [1.54, 1.807) is 0 Å². The second-order valence-electron chi connectivity index (χ2n) is 12.5. The lowest BCUT2D eigenvalue weighted by molar-refractivity contribution is -0.121. The van der Waals surface area contributed by atoms with E-state index in [0.29, 0.717) is 13.0 Å². The van der Waals surface area contributed by atoms with Crippen LogP contribution in [-0.2, 0) is 17.9 Å². The van der Waals surface area contributed by atoms with E-state index in [9.17, 15) is 4.79 Å². The van der Waals surface area contributed by atoms with Gasteiger partial charge in [-0.15, -0.1) is 0 Å². The van der Waals surface area contributed by atoms with Crippen molar-refractivity contribution in [2.45, 2.75) is 72.1 Å². The van der Waals surface area contributed by atoms with Crippen molar-refractivity contribution in [3.63, 3.8) is 0 Å². The fourth-order valence-electron chi connectivity index (χ4n) is 6.27. The van der Waals surface area contributed by atoms with E-state index in [-0.39, 0.29) is 17.9 Å². The van der Waals surface area contributed by atoms with E-state index in [0.717, 1.165) is 55.9 Å². The molecule has 1 amide bonds. The molecule has 1 heterocycles. The second-order valence-corrected chi connectivity index (χ2v) is 12.5. The first kappa shape index (κ1) is 33.0. The van der Waals surface area contributed by atoms with Gasteiger partial charge in [0.2, 0.25) is 5.91 Å². The van der Waals surface area contributed by atoms with Gasteiger partial charge in [0.15, 0.2) is 0 Å². The van der Waals surface area contributed by atoms with E-state index in [4.69, 9.17) is 4.74 Å². The molecule has 0 aliphatic rings. The molecule has 1 N–H and O–H groups in total. The predicted octanol–water partition coefficient (Wildman–Crippen LogP) is 8.73. The van der Waals surface area contributed by atoms with Gasteiger partial charge in [0.05, 0.1) is 0 Å². The minimum Gasteiger partial charge on any atom is -0.489 e. The number of nitrogens with one attached hydrogen (secondary N) is 1. The molecule has 1 aromatic heterocycles. The Labute approximate surface area is 275 Å². The number of ether oxygens (including phenoxy) is 1. The molecule has 46 heavy (non-hydrogen) atoms. The maximum atomic E-state index is 13.7. The fourth-order valence-corrected chi connectivity index (χ4v) is 6.27. The van der Waals surface area contributed by atoms with E-state index < -0.39 is 0 Å². The molecule has 5 rings (SSSR count). The Morgan fingerprint density at radius 3 is 2.26 bits per heavy atom. The minimum atomic E-state index is -0.102. The van der Waals surface area contributed by atoms with Gasteiger partial charge in [0.25, 0.3) is 0 Å². The van der Waals surface area contributed by atoms with Gasteiger partial charge in [-0.3, -0.25) is 4.79 Å². The number of rotatable bonds is 16. The number of carbonyl (C=O) groups excluding carboxylic acids is 1. The number of nitrogens with zero attached hydrogens (tertiary/aromatic N) is 2. The van der Waals surface area contributed by atoms with Crippen molar-refractivity contribution in [3.05, 3.63) is 137 Å². The summed E-state index contributed by atoms with van der Waals surface area (Å²) in [5.41, 5.74) is 7.10. The zero-order valence-electron chi connectivity index (χ0n) is 27.9. The molecule has 0 aliphatic heterocycles. The molecule has 5 aromatic rings. The molecule has 5 heteroatoms. The Balaban J connectivity index is 1.39. The molecule has 0 saturated heterocycles. The predicted molar refractivity (Wildman–Crippen MR) is 191 cm³/mol. The number of amides is 1. The van der Waals surface area contributed by atoms with Gasteiger partial charge in [-0.2, -0.15) is 0 Å². The first-order valence-electron chi connectivity index (χ1n) is 16.8. The third-order valence-electron chi connectivity index (χ3n) is 9.00. The molecular formula is C41H49N3O2. The number of hydrogen-bond acceptors (Lipinski definition) is 3. The molecular weight excluding hydrogens is 566 g/mol. The van der Waals surface area contributed by atoms with Crippen molar-refractivity contribution in [2.75, 3.05) is 19.6 Å². The molecule has 0 bridgehead atoms. The molecule has 2 atom stereocenters. The van der Waals surface area contributed by atoms with Crippen LogP contribution >= 0.6 is 0 Å². The van der Waals surface area contributed by atoms with Gasteiger partial charge < -0.3 is 19.5 Å². The van der Waals surface area contributed by atoms with Gasteiger partial charge in [-0.1, -0.05) is 104 Å². The average Bonchev–Trinajstić information content (AvgIpc) is 3.44. The summed E-state index contributed by atoms with van der Waals surface area (Å²) in [7, 11) is 0. The van der Waals surface area contributed by atoms with Crippen LogP contribution in [0, 0.1) is 6.92 Å². The first-order valence-corrected chi connectivity index (χ1v) is 16.8. The molecule has 0 radical (unpaired) electrons. The zero-order valence-corrected chi connectivity index (χ0v) is 27.9. The van der Waals surface area contributed by atoms with Crippen molar-refractivity contribution in [1.82, 2.24) is 14.8 Å². The molecule has 240 valence electrons. The van der Waals surface area contributed by atoms with Gasteiger partial charge in [-0.25, -0.2) is 0 Å². The first-order chi connectivity index (χ1) is 22.4. The SMILES string of the molecule is CCN(CC)CCC[C@@H](C)NC(=O)C[C@H](c1ccc(OCc2ccccc2)cc1)c1cn(Cc2ccc(C)cc2)c2ccccc12. The Morgan fingerprint density at radius 1 is 0.848 bits per heavy atom. The maximum Gasteiger partial charge on any atom is 0.221 e. The topological polar surface area (TPSA) is 46.5 Å². The molecule has 0 saturated carbocycles. The second kappa shape index (κ2) is 16.3. The molecule has 0 aliphatic carbocycles. The summed E-state index contributed by atoms with van der Waals surface area (Å²) >= 11 is 0. The van der Waals surface area contributed by atoms with Crippen LogP contribution in [0.3, 0.4) is 0 Å². The lowest BCUT2D eigenvalue weighted by Crippen LogP contribution is -2.34. The van der Waals surface area contributed by atoms with Gasteiger partial charge in [-0.05, 0) is 86.8 Å². The van der Waals surface area contributed by atoms with E-state index >= 15 is 0 Å². The summed E-state index contributed by atoms with van der Waals surface area (Å²) in [4.78, 5) is 16.1. The van der Waals surface area contributed by atoms with E-state index in [1.807, 2.05) is 30.3 Å². The molecule has 0 spiro atoms. The number of hydrogen-bond donors (Lipinski definition) is 1. The smallest absolute Gasteiger partial charge is 0.221 e. The quantitative estimate of drug-likeness (QED) is 0.121. The van der Waals surface area contributed by atoms with Crippen LogP contribution in [0.1, 0.15) is 73.8 Å². The standard InChI is InChI=1S/C41H49N3O2/c1-5-43(6-2)26-12-13-32(4)42-41(45)27-38(35-22-24-36(25-23-35)46-30-34-14-8-7-9-15-34)39-29-44(40-17-11-10-16-37(39)40)28-33-20-18-31(3)19-21-33/h7-11,14-25,29,32,38H,5-6,12-13,26-28,30H2,1-4H3,(H,42,45)/t32-,38-/m1/s1. The summed E-state index contributed by atoms with van der Waals surface area (Å²) in [6, 6.07) is 35.9. The monoisotopic (exact) mass is 615 g/mol. The summed E-state index contributed by atoms with van der Waals surface area (Å²) in [6.07, 6.45) is 4.68. The Bertz CT molecular complexity index is 1650. The van der Waals surface area contributed by atoms with Crippen LogP contribution in [-0.4, -0.2) is 41.1 Å². The fraction of sp³-hybridized carbons (Fsp3) is 0.341. The summed E-state index contributed by atoms with van der Waals surface area (Å²) in [5, 5.41) is 4.50. The summed E-state index contributed by atoms with van der Waals surface area (Å²) in [6.45, 7) is 13.1. The van der Waals surface area contributed by atoms with Gasteiger partial charge in [0, 0.05) is 42.0 Å². The zero-order chi connectivity index (χ0) is 32.3. The van der Waals surface area contributed by atoms with Gasteiger partial charge >= 0.3 is 0 Å². The number of aryl methyl sites for hydroxylation is 1. The van der Waals surface area contributed by atoms with Gasteiger partial charge in [0.1, 0.15) is 12.4 Å². The number of fused-ring (bicyclic) bond motifs is 1. The molecule has 0 fully saturated rings. The van der Waals surface area contributed by atoms with Crippen molar-refractivity contribution in [1.29, 1.82) is 0 Å². The number of benzene rings is 4. The minimum absolute atomic E-state index is 0.0834. The number of carbonyl (C=O) groups is 1. The van der Waals surface area contributed by atoms with Crippen molar-refractivity contribution < 1.29 is 9.53 Å². The highest BCUT2D eigenvalue weighted by molar-refractivity contribution is 5.87. The molecule has 4 aromatic carbocycles. The van der Waals surface area contributed by atoms with Crippen molar-refractivity contribution >= 4 is 16.8 Å². The summed E-state index contributed by atoms with van der Waals surface area (Å²) in [5.74, 6) is 0.801. The largest absolute Gasteiger partial charge is 0.489 e. The normalized spacial score (nSPS) is 12.7. The Hall–Kier alpha value is -4.35. The highest BCUT2D eigenvalue weighted by Crippen LogP contribution is 2.36. The number of aromatic nitrogens is 1. The third-order valence-corrected chi connectivity index (χ3v) is 9.00. The van der Waals surface area contributed by atoms with Crippen molar-refractivity contribution in [3.8, 4) is 5.75 Å². The van der Waals surface area contributed by atoms with E-state index in [2.05, 4.69) is 121 Å². The highest BCUT2D eigenvalue weighted by Gasteiger charge is 2.24. The molecule has 0 unspecified atom stereocenters. The van der Waals surface area contributed by atoms with Crippen LogP contribution in [0.4, 0.5) is 0 Å². The van der Waals surface area contributed by atoms with Crippen LogP contribution in [0.2, 0.25) is 0 Å². The maximum absolute atomic E-state index is 13.7. The number of para-hydroxylation sites is 1. The van der Waals surface area contributed by atoms with Crippen LogP contribution < -0.4 is 10.1 Å². The van der Waals surface area contributed by atoms with Crippen LogP contribution in [0.5, 0.6) is 5.75 Å². The highest BCUT2D eigenvalue weighted by atomic mass is 16.5. The lowest BCUT2D eigenvalue weighted by atomic mass is 9.88. The Morgan fingerprint density at radius 2 is 1.54 bits per heavy atom.